The van der Waals surface area contributed by atoms with E-state index in [-0.39, 0.29) is 6.42 Å². The molecule has 1 aromatic rings. The number of carboxylic acid groups (broad SMARTS) is 1. The van der Waals surface area contributed by atoms with Crippen molar-refractivity contribution >= 4 is 11.7 Å². The normalized spacial score (nSPS) is 12.4. The fourth-order valence-corrected chi connectivity index (χ4v) is 1.28. The fraction of sp³-hybridized carbons (Fsp3) is 0.364. The number of quaternary nitrogens is 1. The number of hydrogen-bond acceptors (Lipinski definition) is 1. The minimum Gasteiger partial charge on any atom is -0.481 e. The Morgan fingerprint density at radius 2 is 1.93 bits per heavy atom. The third-order valence-corrected chi connectivity index (χ3v) is 2.26. The van der Waals surface area contributed by atoms with E-state index >= 15 is 0 Å². The predicted molar refractivity (Wildman–Crippen MR) is 54.8 cm³/mol. The zero-order chi connectivity index (χ0) is 10.6. The van der Waals surface area contributed by atoms with E-state index < -0.39 is 5.97 Å². The number of hydrogen-bond donors (Lipinski definition) is 2. The highest BCUT2D eigenvalue weighted by Crippen LogP contribution is 2.03. The van der Waals surface area contributed by atoms with E-state index in [1.807, 2.05) is 38.2 Å². The van der Waals surface area contributed by atoms with E-state index in [1.165, 1.54) is 5.56 Å². The van der Waals surface area contributed by atoms with Crippen LogP contribution in [0.4, 0.5) is 5.69 Å². The molecule has 0 fully saturated rings. The van der Waals surface area contributed by atoms with Gasteiger partial charge in [-0.05, 0) is 19.1 Å². The van der Waals surface area contributed by atoms with Crippen LogP contribution < -0.4 is 4.90 Å². The summed E-state index contributed by atoms with van der Waals surface area (Å²) in [4.78, 5) is 11.5. The highest BCUT2D eigenvalue weighted by Gasteiger charge is 2.07. The SMILES string of the molecule is Cc1ccc([NH+](C)CCC(=O)O)cc1. The van der Waals surface area contributed by atoms with Crippen LogP contribution in [0.15, 0.2) is 24.3 Å². The van der Waals surface area contributed by atoms with Crippen molar-refractivity contribution in [1.29, 1.82) is 0 Å². The summed E-state index contributed by atoms with van der Waals surface area (Å²) in [5, 5.41) is 8.54. The zero-order valence-corrected chi connectivity index (χ0v) is 8.58. The Kier molecular flexibility index (Phi) is 3.65. The molecule has 3 heteroatoms. The molecular formula is C11H16NO2+. The van der Waals surface area contributed by atoms with Gasteiger partial charge in [0, 0.05) is 0 Å². The van der Waals surface area contributed by atoms with Crippen LogP contribution in [-0.2, 0) is 4.79 Å². The molecule has 2 N–H and O–H groups in total. The Balaban J connectivity index is 2.56. The summed E-state index contributed by atoms with van der Waals surface area (Å²) >= 11 is 0. The van der Waals surface area contributed by atoms with Crippen LogP contribution in [0.25, 0.3) is 0 Å². The second-order valence-corrected chi connectivity index (χ2v) is 3.54. The van der Waals surface area contributed by atoms with Gasteiger partial charge in [-0.25, -0.2) is 0 Å². The Labute approximate surface area is 84.0 Å². The average Bonchev–Trinajstić information content (AvgIpc) is 2.15. The maximum atomic E-state index is 10.4. The lowest BCUT2D eigenvalue weighted by atomic mass is 10.2. The first-order chi connectivity index (χ1) is 6.59. The molecular weight excluding hydrogens is 178 g/mol. The van der Waals surface area contributed by atoms with Crippen molar-refractivity contribution in [2.24, 2.45) is 0 Å². The van der Waals surface area contributed by atoms with Crippen molar-refractivity contribution in [3.8, 4) is 0 Å². The number of carbonyl (C=O) groups is 1. The minimum absolute atomic E-state index is 0.208. The number of nitrogens with one attached hydrogen (secondary N) is 1. The lowest BCUT2D eigenvalue weighted by molar-refractivity contribution is -0.809. The van der Waals surface area contributed by atoms with E-state index in [9.17, 15) is 4.79 Å². The summed E-state index contributed by atoms with van der Waals surface area (Å²) in [5.41, 5.74) is 2.36. The fourth-order valence-electron chi connectivity index (χ4n) is 1.28. The zero-order valence-electron chi connectivity index (χ0n) is 8.58. The molecule has 0 radical (unpaired) electrons. The largest absolute Gasteiger partial charge is 0.481 e. The molecule has 1 rings (SSSR count). The molecule has 3 nitrogen and oxygen atoms in total. The molecule has 1 atom stereocenters. The Morgan fingerprint density at radius 3 is 2.43 bits per heavy atom. The molecule has 0 aliphatic rings. The van der Waals surface area contributed by atoms with Crippen LogP contribution in [0.5, 0.6) is 0 Å². The van der Waals surface area contributed by atoms with Gasteiger partial charge in [-0.2, -0.15) is 0 Å². The third kappa shape index (κ3) is 3.18. The molecule has 0 saturated carbocycles. The van der Waals surface area contributed by atoms with Crippen LogP contribution >= 0.6 is 0 Å². The molecule has 1 aromatic carbocycles. The van der Waals surface area contributed by atoms with Gasteiger partial charge < -0.3 is 10.0 Å². The van der Waals surface area contributed by atoms with E-state index in [0.29, 0.717) is 6.54 Å². The lowest BCUT2D eigenvalue weighted by Crippen LogP contribution is -3.04. The molecule has 0 saturated heterocycles. The first-order valence-corrected chi connectivity index (χ1v) is 4.71. The highest BCUT2D eigenvalue weighted by molar-refractivity contribution is 5.66. The van der Waals surface area contributed by atoms with Crippen LogP contribution in [-0.4, -0.2) is 24.7 Å². The number of aryl methyl sites for hydroxylation is 1. The summed E-state index contributed by atoms with van der Waals surface area (Å²) in [6.45, 7) is 2.66. The molecule has 0 heterocycles. The number of carboxylic acids is 1. The predicted octanol–water partition coefficient (Wildman–Crippen LogP) is 0.616. The van der Waals surface area contributed by atoms with Gasteiger partial charge in [0.1, 0.15) is 5.69 Å². The summed E-state index contributed by atoms with van der Waals surface area (Å²) in [5.74, 6) is -0.739. The van der Waals surface area contributed by atoms with Gasteiger partial charge >= 0.3 is 5.97 Å². The van der Waals surface area contributed by atoms with Crippen molar-refractivity contribution in [2.75, 3.05) is 13.6 Å². The van der Waals surface area contributed by atoms with Crippen molar-refractivity contribution in [3.63, 3.8) is 0 Å². The van der Waals surface area contributed by atoms with Crippen LogP contribution in [0.2, 0.25) is 0 Å². The molecule has 1 unspecified atom stereocenters. The average molecular weight is 194 g/mol. The molecule has 0 aromatic heterocycles. The molecule has 0 amide bonds. The molecule has 76 valence electrons. The van der Waals surface area contributed by atoms with Gasteiger partial charge in [0.05, 0.1) is 20.0 Å². The van der Waals surface area contributed by atoms with Gasteiger partial charge in [0.25, 0.3) is 0 Å². The molecule has 0 spiro atoms. The second kappa shape index (κ2) is 4.77. The van der Waals surface area contributed by atoms with Crippen molar-refractivity contribution in [1.82, 2.24) is 0 Å². The Bertz CT molecular complexity index is 306. The summed E-state index contributed by atoms with van der Waals surface area (Å²) in [6.07, 6.45) is 0.208. The van der Waals surface area contributed by atoms with E-state index in [2.05, 4.69) is 0 Å². The van der Waals surface area contributed by atoms with Gasteiger partial charge in [0.15, 0.2) is 0 Å². The molecule has 0 bridgehead atoms. The lowest BCUT2D eigenvalue weighted by Gasteiger charge is -2.11. The Morgan fingerprint density at radius 1 is 1.36 bits per heavy atom. The summed E-state index contributed by atoms with van der Waals surface area (Å²) < 4.78 is 0. The topological polar surface area (TPSA) is 41.7 Å². The molecule has 14 heavy (non-hydrogen) atoms. The monoisotopic (exact) mass is 194 g/mol. The second-order valence-electron chi connectivity index (χ2n) is 3.54. The number of benzene rings is 1. The number of rotatable bonds is 4. The van der Waals surface area contributed by atoms with Gasteiger partial charge in [-0.1, -0.05) is 17.7 Å². The Hall–Kier alpha value is -1.35. The smallest absolute Gasteiger partial charge is 0.309 e. The maximum Gasteiger partial charge on any atom is 0.309 e. The third-order valence-electron chi connectivity index (χ3n) is 2.26. The van der Waals surface area contributed by atoms with Crippen LogP contribution in [0.3, 0.4) is 0 Å². The summed E-state index contributed by atoms with van der Waals surface area (Å²) in [7, 11) is 1.98. The van der Waals surface area contributed by atoms with E-state index in [1.54, 1.807) is 0 Å². The first kappa shape index (κ1) is 10.7. The van der Waals surface area contributed by atoms with Gasteiger partial charge in [-0.3, -0.25) is 4.79 Å². The van der Waals surface area contributed by atoms with Crippen molar-refractivity contribution in [2.45, 2.75) is 13.3 Å². The van der Waals surface area contributed by atoms with Crippen LogP contribution in [0, 0.1) is 6.92 Å². The standard InChI is InChI=1S/C11H15NO2/c1-9-3-5-10(6-4-9)12(2)8-7-11(13)14/h3-6H,7-8H2,1-2H3,(H,13,14)/p+1. The maximum absolute atomic E-state index is 10.4. The van der Waals surface area contributed by atoms with Crippen LogP contribution in [0.1, 0.15) is 12.0 Å². The highest BCUT2D eigenvalue weighted by atomic mass is 16.4. The first-order valence-electron chi connectivity index (χ1n) is 4.71. The molecule has 0 aliphatic carbocycles. The van der Waals surface area contributed by atoms with Crippen molar-refractivity contribution in [3.05, 3.63) is 29.8 Å². The quantitative estimate of drug-likeness (QED) is 0.737. The summed E-state index contributed by atoms with van der Waals surface area (Å²) in [6, 6.07) is 8.15. The van der Waals surface area contributed by atoms with Crippen molar-refractivity contribution < 1.29 is 14.8 Å². The van der Waals surface area contributed by atoms with Gasteiger partial charge in [-0.15, -0.1) is 0 Å². The molecule has 0 aliphatic heterocycles. The van der Waals surface area contributed by atoms with Gasteiger partial charge in [0.2, 0.25) is 0 Å². The minimum atomic E-state index is -0.739. The van der Waals surface area contributed by atoms with E-state index in [0.717, 1.165) is 10.6 Å². The van der Waals surface area contributed by atoms with E-state index in [4.69, 9.17) is 5.11 Å². The number of aliphatic carboxylic acids is 1.